The van der Waals surface area contributed by atoms with Gasteiger partial charge in [0.05, 0.1) is 12.5 Å². The minimum Gasteiger partial charge on any atom is -0.508 e. The molecule has 11 nitrogen and oxygen atoms in total. The smallest absolute Gasteiger partial charge is 0.333 e. The number of nitrogens with two attached hydrogens (primary N) is 2. The first-order chi connectivity index (χ1) is 17.5. The molecule has 37 heavy (non-hydrogen) atoms. The minimum atomic E-state index is -1.79. The molecule has 0 aromatic heterocycles. The van der Waals surface area contributed by atoms with Gasteiger partial charge in [-0.15, -0.1) is 0 Å². The lowest BCUT2D eigenvalue weighted by atomic mass is 9.97. The first kappa shape index (κ1) is 32.2. The molecular formula is C26H43N4O7+. The Morgan fingerprint density at radius 2 is 1.86 bits per heavy atom. The van der Waals surface area contributed by atoms with Gasteiger partial charge < -0.3 is 31.2 Å². The molecule has 1 aromatic rings. The van der Waals surface area contributed by atoms with E-state index in [-0.39, 0.29) is 5.75 Å². The molecule has 9 N–H and O–H groups in total. The van der Waals surface area contributed by atoms with Crippen LogP contribution in [0.3, 0.4) is 0 Å². The number of phenols is 1. The van der Waals surface area contributed by atoms with Crippen molar-refractivity contribution in [2.75, 3.05) is 6.54 Å². The molecule has 4 unspecified atom stereocenters. The quantitative estimate of drug-likeness (QED) is 0.104. The summed E-state index contributed by atoms with van der Waals surface area (Å²) in [5.74, 6) is -2.08. The third-order valence-electron chi connectivity index (χ3n) is 6.25. The Bertz CT molecular complexity index is 907. The second-order valence-corrected chi connectivity index (χ2v) is 9.46. The number of carbonyl (C=O) groups is 4. The van der Waals surface area contributed by atoms with E-state index in [2.05, 4.69) is 10.6 Å². The largest absolute Gasteiger partial charge is 0.508 e. The van der Waals surface area contributed by atoms with Crippen LogP contribution in [0.2, 0.25) is 0 Å². The van der Waals surface area contributed by atoms with Crippen molar-refractivity contribution in [1.29, 1.82) is 0 Å². The maximum Gasteiger partial charge on any atom is 0.333 e. The number of rotatable bonds is 18. The van der Waals surface area contributed by atoms with E-state index in [1.807, 2.05) is 13.8 Å². The molecule has 0 heterocycles. The average Bonchev–Trinajstić information content (AvgIpc) is 2.84. The number of carboxylic acids is 1. The summed E-state index contributed by atoms with van der Waals surface area (Å²) in [6.07, 6.45) is 3.77. The van der Waals surface area contributed by atoms with Gasteiger partial charge >= 0.3 is 11.9 Å². The molecule has 0 fully saturated rings. The summed E-state index contributed by atoms with van der Waals surface area (Å²) in [5.41, 5.74) is 4.68. The summed E-state index contributed by atoms with van der Waals surface area (Å²) in [6.45, 7) is 5.55. The molecule has 0 saturated carbocycles. The Morgan fingerprint density at radius 1 is 1.16 bits per heavy atom. The number of primary amides is 1. The average molecular weight is 524 g/mol. The maximum atomic E-state index is 13.3. The highest BCUT2D eigenvalue weighted by Gasteiger charge is 2.40. The molecule has 0 aliphatic rings. The van der Waals surface area contributed by atoms with Gasteiger partial charge in [0.25, 0.3) is 5.91 Å². The predicted octanol–water partition coefficient (Wildman–Crippen LogP) is 0.171. The SMILES string of the molecule is CCCCc1c(O)cccc1C(=O)NC(CCC)C(=O)[NH2+]C(CCCN)C(C)(O)NC(C=O)CC(=O)O. The zero-order valence-electron chi connectivity index (χ0n) is 22.0. The van der Waals surface area contributed by atoms with Crippen LogP contribution in [0.4, 0.5) is 0 Å². The molecule has 0 bridgehead atoms. The molecule has 0 aliphatic heterocycles. The van der Waals surface area contributed by atoms with Crippen LogP contribution in [0.5, 0.6) is 5.75 Å². The maximum absolute atomic E-state index is 13.3. The third-order valence-corrected chi connectivity index (χ3v) is 6.25. The molecule has 0 spiro atoms. The Labute approximate surface area is 218 Å². The first-order valence-electron chi connectivity index (χ1n) is 12.9. The number of carbonyl (C=O) groups excluding carboxylic acids is 3. The van der Waals surface area contributed by atoms with Gasteiger partial charge in [-0.25, -0.2) is 4.79 Å². The number of phenolic OH excluding ortho intramolecular Hbond substituents is 1. The monoisotopic (exact) mass is 523 g/mol. The van der Waals surface area contributed by atoms with Crippen molar-refractivity contribution in [2.24, 2.45) is 5.73 Å². The minimum absolute atomic E-state index is 0.0288. The summed E-state index contributed by atoms with van der Waals surface area (Å²) < 4.78 is 0. The third kappa shape index (κ3) is 10.6. The van der Waals surface area contributed by atoms with E-state index >= 15 is 0 Å². The van der Waals surface area contributed by atoms with E-state index < -0.39 is 48.1 Å². The van der Waals surface area contributed by atoms with E-state index in [0.29, 0.717) is 56.1 Å². The van der Waals surface area contributed by atoms with E-state index in [1.54, 1.807) is 12.1 Å². The second kappa shape index (κ2) is 16.1. The standard InChI is InChI=1S/C26H42N4O7/c1-4-6-10-18-19(11-7-12-21(18)32)24(35)28-20(9-5-2)25(36)29-22(13-8-14-27)26(3,37)30-17(16-31)15-23(33)34/h7,11-12,16-17,20,22,30,32,37H,4-6,8-10,13-15,27H2,1-3H3,(H,28,35)(H,29,36)(H,33,34)/p+1. The van der Waals surface area contributed by atoms with Crippen molar-refractivity contribution in [3.05, 3.63) is 29.3 Å². The number of aliphatic carboxylic acids is 1. The Morgan fingerprint density at radius 3 is 2.43 bits per heavy atom. The van der Waals surface area contributed by atoms with Crippen LogP contribution in [-0.4, -0.2) is 69.8 Å². The molecule has 1 rings (SSSR count). The fourth-order valence-corrected chi connectivity index (χ4v) is 4.20. The van der Waals surface area contributed by atoms with Crippen LogP contribution in [0, 0.1) is 0 Å². The van der Waals surface area contributed by atoms with Gasteiger partial charge in [-0.2, -0.15) is 0 Å². The van der Waals surface area contributed by atoms with E-state index in [1.165, 1.54) is 18.3 Å². The number of nitrogens with one attached hydrogen (secondary N) is 2. The van der Waals surface area contributed by atoms with Gasteiger partial charge in [0.1, 0.15) is 24.1 Å². The van der Waals surface area contributed by atoms with Crippen molar-refractivity contribution in [2.45, 2.75) is 96.0 Å². The predicted molar refractivity (Wildman–Crippen MR) is 138 cm³/mol. The summed E-state index contributed by atoms with van der Waals surface area (Å²) in [4.78, 5) is 48.9. The number of aliphatic hydroxyl groups is 1. The van der Waals surface area contributed by atoms with Crippen molar-refractivity contribution < 1.29 is 39.8 Å². The molecule has 4 atom stereocenters. The topological polar surface area (TPSA) is 196 Å². The van der Waals surface area contributed by atoms with Gasteiger partial charge in [0, 0.05) is 17.5 Å². The molecule has 0 saturated heterocycles. The highest BCUT2D eigenvalue weighted by molar-refractivity contribution is 5.98. The molecule has 11 heteroatoms. The number of hydrogen-bond acceptors (Lipinski definition) is 8. The Hall–Kier alpha value is -2.86. The lowest BCUT2D eigenvalue weighted by Gasteiger charge is -2.33. The number of hydrogen-bond donors (Lipinski definition) is 7. The molecule has 0 radical (unpaired) electrons. The fraction of sp³-hybridized carbons (Fsp3) is 0.615. The normalized spacial score (nSPS) is 15.3. The fourth-order valence-electron chi connectivity index (χ4n) is 4.20. The van der Waals surface area contributed by atoms with Crippen LogP contribution < -0.4 is 21.7 Å². The first-order valence-corrected chi connectivity index (χ1v) is 12.9. The van der Waals surface area contributed by atoms with Crippen molar-refractivity contribution in [3.63, 3.8) is 0 Å². The number of aromatic hydroxyl groups is 1. The van der Waals surface area contributed by atoms with Gasteiger partial charge in [-0.3, -0.25) is 20.2 Å². The molecule has 208 valence electrons. The molecular weight excluding hydrogens is 480 g/mol. The highest BCUT2D eigenvalue weighted by atomic mass is 16.4. The number of unbranched alkanes of at least 4 members (excludes halogenated alkanes) is 1. The summed E-state index contributed by atoms with van der Waals surface area (Å²) in [7, 11) is 0. The number of carboxylic acid groups (broad SMARTS) is 1. The van der Waals surface area contributed by atoms with Crippen LogP contribution in [0.25, 0.3) is 0 Å². The van der Waals surface area contributed by atoms with Gasteiger partial charge in [0.2, 0.25) is 0 Å². The summed E-state index contributed by atoms with van der Waals surface area (Å²) in [5, 5.41) is 37.1. The molecule has 2 amide bonds. The Balaban J connectivity index is 3.12. The van der Waals surface area contributed by atoms with E-state index in [0.717, 1.165) is 12.8 Å². The lowest BCUT2D eigenvalue weighted by Crippen LogP contribution is -3.00. The number of benzene rings is 1. The van der Waals surface area contributed by atoms with Crippen LogP contribution in [-0.2, 0) is 20.8 Å². The van der Waals surface area contributed by atoms with Crippen molar-refractivity contribution in [1.82, 2.24) is 10.6 Å². The zero-order chi connectivity index (χ0) is 28.0. The molecule has 0 aliphatic carbocycles. The van der Waals surface area contributed by atoms with Gasteiger partial charge in [0.15, 0.2) is 5.72 Å². The van der Waals surface area contributed by atoms with E-state index in [4.69, 9.17) is 10.8 Å². The Kier molecular flexibility index (Phi) is 14.0. The lowest BCUT2D eigenvalue weighted by molar-refractivity contribution is -0.627. The molecule has 1 aromatic carbocycles. The van der Waals surface area contributed by atoms with Gasteiger partial charge in [-0.1, -0.05) is 32.8 Å². The summed E-state index contributed by atoms with van der Waals surface area (Å²) in [6, 6.07) is 1.87. The number of aldehydes is 1. The number of amides is 2. The highest BCUT2D eigenvalue weighted by Crippen LogP contribution is 2.23. The van der Waals surface area contributed by atoms with Crippen molar-refractivity contribution in [3.8, 4) is 5.75 Å². The zero-order valence-corrected chi connectivity index (χ0v) is 22.0. The second-order valence-electron chi connectivity index (χ2n) is 9.46. The number of quaternary nitrogens is 1. The van der Waals surface area contributed by atoms with Gasteiger partial charge in [-0.05, 0) is 51.3 Å². The van der Waals surface area contributed by atoms with Crippen LogP contribution >= 0.6 is 0 Å². The van der Waals surface area contributed by atoms with Crippen molar-refractivity contribution >= 4 is 24.1 Å². The summed E-state index contributed by atoms with van der Waals surface area (Å²) >= 11 is 0. The van der Waals surface area contributed by atoms with Crippen LogP contribution in [0.15, 0.2) is 18.2 Å². The van der Waals surface area contributed by atoms with E-state index in [9.17, 15) is 29.4 Å². The van der Waals surface area contributed by atoms with Crippen LogP contribution in [0.1, 0.15) is 81.6 Å².